The van der Waals surface area contributed by atoms with Gasteiger partial charge in [-0.3, -0.25) is 0 Å². The molecule has 0 aliphatic heterocycles. The van der Waals surface area contributed by atoms with Gasteiger partial charge in [-0.2, -0.15) is 8.78 Å². The minimum Gasteiger partial charge on any atom is -0.478 e. The largest absolute Gasteiger partial charge is 0.478 e. The first-order valence-corrected chi connectivity index (χ1v) is 8.47. The maximum atomic E-state index is 12.6. The molecule has 0 aliphatic carbocycles. The standard InChI is InChI=1S/C21H15F2NO4/c1-10-7-12(28-21(22)23)8-14-15(20(25)26)9-16(24-19(10)14)18-11(2)27-17-6-4-3-5-13(17)18/h3-9,21H,1-2H3,(H,25,26). The zero-order chi connectivity index (χ0) is 20.0. The number of pyridine rings is 1. The number of aromatic carboxylic acids is 1. The van der Waals surface area contributed by atoms with Gasteiger partial charge in [0.05, 0.1) is 16.8 Å². The highest BCUT2D eigenvalue weighted by atomic mass is 19.3. The average Bonchev–Trinajstić information content (AvgIpc) is 2.96. The third-order valence-electron chi connectivity index (χ3n) is 4.56. The fourth-order valence-corrected chi connectivity index (χ4v) is 3.43. The lowest BCUT2D eigenvalue weighted by atomic mass is 10.00. The van der Waals surface area contributed by atoms with E-state index in [0.29, 0.717) is 33.7 Å². The second-order valence-corrected chi connectivity index (χ2v) is 6.40. The van der Waals surface area contributed by atoms with Gasteiger partial charge in [0.25, 0.3) is 0 Å². The molecule has 0 bridgehead atoms. The summed E-state index contributed by atoms with van der Waals surface area (Å²) in [5.41, 5.74) is 2.70. The van der Waals surface area contributed by atoms with Crippen molar-refractivity contribution in [3.8, 4) is 17.0 Å². The second kappa shape index (κ2) is 6.60. The highest BCUT2D eigenvalue weighted by Crippen LogP contribution is 2.36. The molecule has 0 fully saturated rings. The molecule has 0 amide bonds. The van der Waals surface area contributed by atoms with E-state index in [2.05, 4.69) is 9.72 Å². The molecule has 28 heavy (non-hydrogen) atoms. The predicted molar refractivity (Wildman–Crippen MR) is 100 cm³/mol. The van der Waals surface area contributed by atoms with E-state index in [0.717, 1.165) is 5.39 Å². The van der Waals surface area contributed by atoms with Crippen LogP contribution in [0.3, 0.4) is 0 Å². The van der Waals surface area contributed by atoms with Crippen molar-refractivity contribution in [2.45, 2.75) is 20.5 Å². The van der Waals surface area contributed by atoms with Crippen LogP contribution in [0.15, 0.2) is 46.9 Å². The van der Waals surface area contributed by atoms with E-state index < -0.39 is 12.6 Å². The third kappa shape index (κ3) is 2.94. The number of aryl methyl sites for hydroxylation is 2. The number of nitrogens with zero attached hydrogens (tertiary/aromatic N) is 1. The van der Waals surface area contributed by atoms with Crippen LogP contribution in [0.2, 0.25) is 0 Å². The number of aromatic nitrogens is 1. The molecule has 4 aromatic rings. The van der Waals surface area contributed by atoms with Gasteiger partial charge in [0.1, 0.15) is 17.1 Å². The summed E-state index contributed by atoms with van der Waals surface area (Å²) in [5, 5.41) is 10.8. The number of rotatable bonds is 4. The van der Waals surface area contributed by atoms with Gasteiger partial charge in [-0.25, -0.2) is 9.78 Å². The number of carboxylic acid groups (broad SMARTS) is 1. The maximum Gasteiger partial charge on any atom is 0.387 e. The van der Waals surface area contributed by atoms with Crippen molar-refractivity contribution in [2.24, 2.45) is 0 Å². The Kier molecular flexibility index (Phi) is 4.22. The van der Waals surface area contributed by atoms with Crippen LogP contribution in [-0.2, 0) is 0 Å². The summed E-state index contributed by atoms with van der Waals surface area (Å²) in [4.78, 5) is 16.5. The molecule has 0 saturated carbocycles. The number of alkyl halides is 2. The smallest absolute Gasteiger partial charge is 0.387 e. The van der Waals surface area contributed by atoms with Crippen molar-refractivity contribution in [2.75, 3.05) is 0 Å². The minimum absolute atomic E-state index is 0.0486. The Morgan fingerprint density at radius 3 is 2.61 bits per heavy atom. The average molecular weight is 383 g/mol. The molecule has 142 valence electrons. The van der Waals surface area contributed by atoms with Crippen LogP contribution in [0.4, 0.5) is 8.78 Å². The van der Waals surface area contributed by atoms with E-state index >= 15 is 0 Å². The summed E-state index contributed by atoms with van der Waals surface area (Å²) in [6.07, 6.45) is 0. The van der Waals surface area contributed by atoms with Crippen molar-refractivity contribution < 1.29 is 27.8 Å². The third-order valence-corrected chi connectivity index (χ3v) is 4.56. The van der Waals surface area contributed by atoms with Gasteiger partial charge in [0, 0.05) is 16.3 Å². The first-order valence-electron chi connectivity index (χ1n) is 8.47. The Balaban J connectivity index is 2.02. The summed E-state index contributed by atoms with van der Waals surface area (Å²) < 4.78 is 35.4. The molecular weight excluding hydrogens is 368 g/mol. The Morgan fingerprint density at radius 1 is 1.14 bits per heavy atom. The predicted octanol–water partition coefficient (Wildman–Crippen LogP) is 5.56. The first-order chi connectivity index (χ1) is 13.3. The summed E-state index contributed by atoms with van der Waals surface area (Å²) in [6, 6.07) is 11.5. The molecule has 2 aromatic heterocycles. The molecular formula is C21H15F2NO4. The van der Waals surface area contributed by atoms with Crippen LogP contribution < -0.4 is 4.74 Å². The van der Waals surface area contributed by atoms with Crippen molar-refractivity contribution in [1.29, 1.82) is 0 Å². The number of fused-ring (bicyclic) bond motifs is 2. The van der Waals surface area contributed by atoms with Crippen molar-refractivity contribution in [3.63, 3.8) is 0 Å². The maximum absolute atomic E-state index is 12.6. The molecule has 0 unspecified atom stereocenters. The molecule has 5 nitrogen and oxygen atoms in total. The Morgan fingerprint density at radius 2 is 1.89 bits per heavy atom. The number of furan rings is 1. The van der Waals surface area contributed by atoms with Gasteiger partial charge in [0.15, 0.2) is 0 Å². The number of ether oxygens (including phenoxy) is 1. The van der Waals surface area contributed by atoms with Gasteiger partial charge in [-0.15, -0.1) is 0 Å². The van der Waals surface area contributed by atoms with Crippen LogP contribution >= 0.6 is 0 Å². The Bertz CT molecular complexity index is 1230. The molecule has 2 aromatic carbocycles. The van der Waals surface area contributed by atoms with Crippen LogP contribution in [0.25, 0.3) is 33.1 Å². The zero-order valence-corrected chi connectivity index (χ0v) is 15.0. The molecule has 0 spiro atoms. The van der Waals surface area contributed by atoms with Crippen LogP contribution in [0, 0.1) is 13.8 Å². The van der Waals surface area contributed by atoms with E-state index in [4.69, 9.17) is 4.42 Å². The highest BCUT2D eigenvalue weighted by Gasteiger charge is 2.20. The number of halogens is 2. The molecule has 2 heterocycles. The molecule has 7 heteroatoms. The molecule has 4 rings (SSSR count). The van der Waals surface area contributed by atoms with Gasteiger partial charge < -0.3 is 14.3 Å². The summed E-state index contributed by atoms with van der Waals surface area (Å²) in [7, 11) is 0. The molecule has 0 radical (unpaired) electrons. The van der Waals surface area contributed by atoms with Crippen LogP contribution in [0.1, 0.15) is 21.7 Å². The van der Waals surface area contributed by atoms with E-state index in [9.17, 15) is 18.7 Å². The lowest BCUT2D eigenvalue weighted by Gasteiger charge is -2.12. The summed E-state index contributed by atoms with van der Waals surface area (Å²) in [5.74, 6) is -0.686. The van der Waals surface area contributed by atoms with E-state index in [-0.39, 0.29) is 16.7 Å². The second-order valence-electron chi connectivity index (χ2n) is 6.40. The Labute approximate surface area is 158 Å². The van der Waals surface area contributed by atoms with E-state index in [1.807, 2.05) is 24.3 Å². The topological polar surface area (TPSA) is 72.6 Å². The van der Waals surface area contributed by atoms with Gasteiger partial charge in [-0.1, -0.05) is 18.2 Å². The fourth-order valence-electron chi connectivity index (χ4n) is 3.43. The van der Waals surface area contributed by atoms with Crippen LogP contribution in [0.5, 0.6) is 5.75 Å². The lowest BCUT2D eigenvalue weighted by Crippen LogP contribution is -2.05. The number of carboxylic acids is 1. The fraction of sp³-hybridized carbons (Fsp3) is 0.143. The number of benzene rings is 2. The monoisotopic (exact) mass is 383 g/mol. The van der Waals surface area contributed by atoms with Gasteiger partial charge in [0.2, 0.25) is 0 Å². The molecule has 1 N–H and O–H groups in total. The van der Waals surface area contributed by atoms with Gasteiger partial charge >= 0.3 is 12.6 Å². The summed E-state index contributed by atoms with van der Waals surface area (Å²) >= 11 is 0. The zero-order valence-electron chi connectivity index (χ0n) is 15.0. The number of para-hydroxylation sites is 1. The van der Waals surface area contributed by atoms with Crippen molar-refractivity contribution >= 4 is 27.8 Å². The quantitative estimate of drug-likeness (QED) is 0.499. The van der Waals surface area contributed by atoms with Crippen molar-refractivity contribution in [1.82, 2.24) is 4.98 Å². The molecule has 0 aliphatic rings. The molecule has 0 saturated heterocycles. The number of hydrogen-bond donors (Lipinski definition) is 1. The SMILES string of the molecule is Cc1oc2ccccc2c1-c1cc(C(=O)O)c2cc(OC(F)F)cc(C)c2n1. The van der Waals surface area contributed by atoms with Crippen molar-refractivity contribution in [3.05, 3.63) is 59.4 Å². The lowest BCUT2D eigenvalue weighted by molar-refractivity contribution is -0.0497. The van der Waals surface area contributed by atoms with E-state index in [1.165, 1.54) is 18.2 Å². The summed E-state index contributed by atoms with van der Waals surface area (Å²) in [6.45, 7) is 0.453. The highest BCUT2D eigenvalue weighted by molar-refractivity contribution is 6.06. The number of carbonyl (C=O) groups is 1. The van der Waals surface area contributed by atoms with Crippen LogP contribution in [-0.4, -0.2) is 22.7 Å². The first kappa shape index (κ1) is 17.9. The Hall–Kier alpha value is -3.48. The number of hydrogen-bond acceptors (Lipinski definition) is 4. The van der Waals surface area contributed by atoms with Gasteiger partial charge in [-0.05, 0) is 43.7 Å². The molecule has 0 atom stereocenters. The minimum atomic E-state index is -3.00. The normalized spacial score (nSPS) is 11.5. The van der Waals surface area contributed by atoms with E-state index in [1.54, 1.807) is 13.8 Å².